The fourth-order valence-electron chi connectivity index (χ4n) is 7.75. The summed E-state index contributed by atoms with van der Waals surface area (Å²) in [4.78, 5) is 70.0. The summed E-state index contributed by atoms with van der Waals surface area (Å²) in [6.07, 6.45) is 3.52. The van der Waals surface area contributed by atoms with E-state index < -0.39 is 72.1 Å². The highest BCUT2D eigenvalue weighted by Gasteiger charge is 2.55. The first-order valence-electron chi connectivity index (χ1n) is 20.3. The van der Waals surface area contributed by atoms with Gasteiger partial charge in [-0.25, -0.2) is 4.79 Å². The fourth-order valence-corrected chi connectivity index (χ4v) is 7.75. The Kier molecular flexibility index (Phi) is 13.7. The van der Waals surface area contributed by atoms with E-state index in [-0.39, 0.29) is 42.7 Å². The molecular formula is C47H55N3O10. The number of carbonyl (C=O) groups is 5. The molecule has 2 aliphatic carbocycles. The van der Waals surface area contributed by atoms with Crippen LogP contribution in [0.15, 0.2) is 96.6 Å². The summed E-state index contributed by atoms with van der Waals surface area (Å²) in [6.45, 7) is 4.86. The number of amides is 3. The molecule has 1 saturated heterocycles. The molecule has 318 valence electrons. The summed E-state index contributed by atoms with van der Waals surface area (Å²) in [5.41, 5.74) is 3.44. The molecule has 0 radical (unpaired) electrons. The van der Waals surface area contributed by atoms with Crippen LogP contribution in [0, 0.1) is 0 Å². The average Bonchev–Trinajstić information content (AvgIpc) is 3.77. The maximum absolute atomic E-state index is 14.6. The van der Waals surface area contributed by atoms with Crippen LogP contribution in [0.25, 0.3) is 6.08 Å². The number of fused-ring (bicyclic) bond motifs is 2. The van der Waals surface area contributed by atoms with Gasteiger partial charge in [-0.05, 0) is 73.7 Å². The van der Waals surface area contributed by atoms with Crippen molar-refractivity contribution in [3.8, 4) is 0 Å². The minimum atomic E-state index is -1.03. The Hall–Kier alpha value is -5.63. The van der Waals surface area contributed by atoms with Crippen LogP contribution in [0.4, 0.5) is 0 Å². The molecule has 0 bridgehead atoms. The molecule has 2 N–H and O–H groups in total. The van der Waals surface area contributed by atoms with Crippen molar-refractivity contribution in [2.45, 2.75) is 101 Å². The van der Waals surface area contributed by atoms with E-state index in [4.69, 9.17) is 18.9 Å². The zero-order valence-electron chi connectivity index (χ0n) is 35.1. The molecule has 5 atom stereocenters. The molecule has 0 saturated carbocycles. The SMILES string of the molecule is CN(C)C(=O)C=Cc1cccc(C(=O)OC2CC(C(=O)N(C)C(Cc3ccccc3)C(=O)NC(CO)CCC(=O)OC(C)(C)C)=CC3OC4(Cc5ccccc5C4)OC32)c1. The predicted molar refractivity (Wildman–Crippen MR) is 223 cm³/mol. The number of esters is 2. The lowest BCUT2D eigenvalue weighted by Gasteiger charge is -2.34. The minimum absolute atomic E-state index is 0.0196. The first-order valence-corrected chi connectivity index (χ1v) is 20.3. The Morgan fingerprint density at radius 1 is 0.933 bits per heavy atom. The highest BCUT2D eigenvalue weighted by Crippen LogP contribution is 2.45. The number of nitrogens with one attached hydrogen (secondary N) is 1. The zero-order chi connectivity index (χ0) is 43.2. The van der Waals surface area contributed by atoms with E-state index >= 15 is 0 Å². The number of ether oxygens (including phenoxy) is 4. The molecule has 3 aromatic carbocycles. The number of hydrogen-bond donors (Lipinski definition) is 2. The average molecular weight is 822 g/mol. The normalized spacial score (nSPS) is 20.1. The van der Waals surface area contributed by atoms with Crippen LogP contribution in [0.5, 0.6) is 0 Å². The van der Waals surface area contributed by atoms with Crippen LogP contribution >= 0.6 is 0 Å². The van der Waals surface area contributed by atoms with Crippen molar-refractivity contribution in [2.24, 2.45) is 0 Å². The predicted octanol–water partition coefficient (Wildman–Crippen LogP) is 4.59. The molecule has 13 nitrogen and oxygen atoms in total. The highest BCUT2D eigenvalue weighted by atomic mass is 16.8. The van der Waals surface area contributed by atoms with E-state index in [0.29, 0.717) is 18.4 Å². The molecule has 5 unspecified atom stereocenters. The lowest BCUT2D eigenvalue weighted by Crippen LogP contribution is -2.53. The number of likely N-dealkylation sites (N-methyl/N-ethyl adjacent to an activating group) is 2. The Balaban J connectivity index is 1.25. The molecule has 0 aromatic heterocycles. The third kappa shape index (κ3) is 10.9. The van der Waals surface area contributed by atoms with Crippen molar-refractivity contribution < 1.29 is 48.0 Å². The van der Waals surface area contributed by atoms with Gasteiger partial charge in [0.2, 0.25) is 17.7 Å². The van der Waals surface area contributed by atoms with Crippen LogP contribution in [0.3, 0.4) is 0 Å². The Morgan fingerprint density at radius 3 is 2.27 bits per heavy atom. The van der Waals surface area contributed by atoms with Gasteiger partial charge in [-0.15, -0.1) is 0 Å². The van der Waals surface area contributed by atoms with Crippen molar-refractivity contribution in [1.29, 1.82) is 0 Å². The largest absolute Gasteiger partial charge is 0.460 e. The van der Waals surface area contributed by atoms with E-state index in [1.165, 1.54) is 15.9 Å². The van der Waals surface area contributed by atoms with Gasteiger partial charge in [0.1, 0.15) is 30.0 Å². The van der Waals surface area contributed by atoms with E-state index in [1.54, 1.807) is 78.3 Å². The monoisotopic (exact) mass is 821 g/mol. The molecule has 3 aromatic rings. The maximum atomic E-state index is 14.6. The second-order valence-electron chi connectivity index (χ2n) is 16.9. The second kappa shape index (κ2) is 18.7. The molecule has 60 heavy (non-hydrogen) atoms. The van der Waals surface area contributed by atoms with Crippen molar-refractivity contribution in [2.75, 3.05) is 27.7 Å². The summed E-state index contributed by atoms with van der Waals surface area (Å²) in [7, 11) is 4.84. The van der Waals surface area contributed by atoms with Crippen molar-refractivity contribution in [1.82, 2.24) is 15.1 Å². The number of rotatable bonds is 14. The molecule has 3 aliphatic rings. The molecule has 6 rings (SSSR count). The minimum Gasteiger partial charge on any atom is -0.460 e. The molecule has 3 amide bonds. The Morgan fingerprint density at radius 2 is 1.62 bits per heavy atom. The summed E-state index contributed by atoms with van der Waals surface area (Å²) in [5.74, 6) is -3.32. The highest BCUT2D eigenvalue weighted by molar-refractivity contribution is 5.98. The summed E-state index contributed by atoms with van der Waals surface area (Å²) >= 11 is 0. The van der Waals surface area contributed by atoms with Gasteiger partial charge < -0.3 is 39.2 Å². The molecule has 1 aliphatic heterocycles. The van der Waals surface area contributed by atoms with Gasteiger partial charge in [-0.3, -0.25) is 19.2 Å². The molecule has 1 fully saturated rings. The number of aliphatic hydroxyl groups excluding tert-OH is 1. The van der Waals surface area contributed by atoms with Crippen LogP contribution < -0.4 is 5.32 Å². The lowest BCUT2D eigenvalue weighted by atomic mass is 9.90. The molecule has 1 spiro atoms. The maximum Gasteiger partial charge on any atom is 0.338 e. The molecule has 13 heteroatoms. The van der Waals surface area contributed by atoms with E-state index in [9.17, 15) is 29.1 Å². The van der Waals surface area contributed by atoms with Crippen molar-refractivity contribution >= 4 is 35.7 Å². The van der Waals surface area contributed by atoms with E-state index in [2.05, 4.69) is 5.32 Å². The van der Waals surface area contributed by atoms with E-state index in [0.717, 1.165) is 16.7 Å². The van der Waals surface area contributed by atoms with Gasteiger partial charge >= 0.3 is 11.9 Å². The van der Waals surface area contributed by atoms with Crippen LogP contribution in [0.1, 0.15) is 72.6 Å². The van der Waals surface area contributed by atoms with Gasteiger partial charge in [-0.1, -0.05) is 66.7 Å². The van der Waals surface area contributed by atoms with Gasteiger partial charge in [-0.2, -0.15) is 0 Å². The van der Waals surface area contributed by atoms with Crippen LogP contribution in [-0.2, 0) is 57.4 Å². The van der Waals surface area contributed by atoms with Crippen LogP contribution in [-0.4, -0.2) is 114 Å². The van der Waals surface area contributed by atoms with Crippen molar-refractivity contribution in [3.05, 3.63) is 124 Å². The third-order valence-corrected chi connectivity index (χ3v) is 10.8. The Bertz CT molecular complexity index is 2100. The van der Waals surface area contributed by atoms with Crippen LogP contribution in [0.2, 0.25) is 0 Å². The van der Waals surface area contributed by atoms with Crippen molar-refractivity contribution in [3.63, 3.8) is 0 Å². The number of benzene rings is 3. The quantitative estimate of drug-likeness (QED) is 0.174. The summed E-state index contributed by atoms with van der Waals surface area (Å²) < 4.78 is 25.0. The number of aliphatic hydroxyl groups is 1. The summed E-state index contributed by atoms with van der Waals surface area (Å²) in [5, 5.41) is 13.1. The molecule has 1 heterocycles. The molecular weight excluding hydrogens is 767 g/mol. The van der Waals surface area contributed by atoms with Gasteiger partial charge in [0, 0.05) is 64.9 Å². The lowest BCUT2D eigenvalue weighted by molar-refractivity contribution is -0.172. The number of hydrogen-bond acceptors (Lipinski definition) is 10. The Labute approximate surface area is 351 Å². The first kappa shape index (κ1) is 43.9. The number of carbonyl (C=O) groups excluding carboxylic acids is 5. The first-order chi connectivity index (χ1) is 28.5. The van der Waals surface area contributed by atoms with E-state index in [1.807, 2.05) is 54.6 Å². The third-order valence-electron chi connectivity index (χ3n) is 10.8. The second-order valence-corrected chi connectivity index (χ2v) is 16.9. The van der Waals surface area contributed by atoms with Gasteiger partial charge in [0.15, 0.2) is 5.79 Å². The van der Waals surface area contributed by atoms with Gasteiger partial charge in [0.25, 0.3) is 0 Å². The summed E-state index contributed by atoms with van der Waals surface area (Å²) in [6, 6.07) is 22.1. The zero-order valence-corrected chi connectivity index (χ0v) is 35.1. The number of nitrogens with zero attached hydrogens (tertiary/aromatic N) is 2. The fraction of sp³-hybridized carbons (Fsp3) is 0.426. The topological polar surface area (TPSA) is 161 Å². The smallest absolute Gasteiger partial charge is 0.338 e. The standard InChI is InChI=1S/C47H55N3O10/c1-46(2,3)59-41(53)22-20-36(29-51)48-43(54)37(24-30-13-8-7-9-14-30)50(6)44(55)35-25-38(57-45(56)32-18-12-15-31(23-32)19-21-40(52)49(4)5)42-39(26-35)58-47(60-42)27-33-16-10-11-17-34(33)28-47/h7-19,21,23,26,36-39,42,51H,20,22,24-25,27-29H2,1-6H3,(H,48,54). The van der Waals surface area contributed by atoms with Gasteiger partial charge in [0.05, 0.1) is 18.2 Å².